The van der Waals surface area contributed by atoms with Gasteiger partial charge in [-0.05, 0) is 11.5 Å². The minimum absolute atomic E-state index is 0.0475. The van der Waals surface area contributed by atoms with Crippen LogP contribution in [0.4, 0.5) is 0 Å². The zero-order valence-corrected chi connectivity index (χ0v) is 10.00. The van der Waals surface area contributed by atoms with Gasteiger partial charge >= 0.3 is 0 Å². The Morgan fingerprint density at radius 3 is 2.40 bits per heavy atom. The van der Waals surface area contributed by atoms with E-state index in [0.717, 1.165) is 12.0 Å². The fraction of sp³-hybridized carbons (Fsp3) is 0.462. The third-order valence-electron chi connectivity index (χ3n) is 2.85. The van der Waals surface area contributed by atoms with Crippen LogP contribution >= 0.6 is 11.6 Å². The molecule has 0 aliphatic heterocycles. The van der Waals surface area contributed by atoms with Gasteiger partial charge in [0.05, 0.1) is 5.88 Å². The van der Waals surface area contributed by atoms with Crippen molar-refractivity contribution in [2.45, 2.75) is 26.2 Å². The van der Waals surface area contributed by atoms with Crippen LogP contribution in [-0.4, -0.2) is 11.7 Å². The zero-order chi connectivity index (χ0) is 11.3. The normalized spacial score (nSPS) is 14.6. The minimum atomic E-state index is -0.0475. The Hall–Kier alpha value is -0.820. The Labute approximate surface area is 96.5 Å². The average molecular weight is 225 g/mol. The summed E-state index contributed by atoms with van der Waals surface area (Å²) < 4.78 is 0. The molecule has 0 saturated heterocycles. The van der Waals surface area contributed by atoms with E-state index in [1.807, 2.05) is 30.3 Å². The van der Waals surface area contributed by atoms with E-state index in [1.165, 1.54) is 0 Å². The van der Waals surface area contributed by atoms with E-state index in [9.17, 15) is 4.79 Å². The smallest absolute Gasteiger partial charge is 0.155 e. The van der Waals surface area contributed by atoms with Crippen molar-refractivity contribution in [3.05, 3.63) is 35.9 Å². The second-order valence-corrected chi connectivity index (χ2v) is 4.14. The number of hydrogen-bond donors (Lipinski definition) is 0. The van der Waals surface area contributed by atoms with E-state index in [0.29, 0.717) is 5.92 Å². The molecule has 0 spiro atoms. The zero-order valence-electron chi connectivity index (χ0n) is 9.24. The van der Waals surface area contributed by atoms with Crippen molar-refractivity contribution in [2.24, 2.45) is 5.92 Å². The Bertz CT molecular complexity index is 308. The second-order valence-electron chi connectivity index (χ2n) is 3.87. The molecule has 1 nitrogen and oxygen atoms in total. The van der Waals surface area contributed by atoms with E-state index >= 15 is 0 Å². The lowest BCUT2D eigenvalue weighted by molar-refractivity contribution is -0.119. The predicted octanol–water partition coefficient (Wildman–Crippen LogP) is 3.62. The number of benzene rings is 1. The van der Waals surface area contributed by atoms with Gasteiger partial charge in [-0.15, -0.1) is 11.6 Å². The molecule has 0 aliphatic carbocycles. The van der Waals surface area contributed by atoms with E-state index in [-0.39, 0.29) is 17.6 Å². The summed E-state index contributed by atoms with van der Waals surface area (Å²) in [6.07, 6.45) is 0.988. The topological polar surface area (TPSA) is 17.1 Å². The van der Waals surface area contributed by atoms with Crippen molar-refractivity contribution in [1.29, 1.82) is 0 Å². The van der Waals surface area contributed by atoms with E-state index < -0.39 is 0 Å². The van der Waals surface area contributed by atoms with Crippen LogP contribution in [0.5, 0.6) is 0 Å². The number of ketones is 1. The van der Waals surface area contributed by atoms with Gasteiger partial charge in [0.2, 0.25) is 0 Å². The van der Waals surface area contributed by atoms with Gasteiger partial charge in [-0.25, -0.2) is 0 Å². The highest BCUT2D eigenvalue weighted by atomic mass is 35.5. The van der Waals surface area contributed by atoms with E-state index in [4.69, 9.17) is 11.6 Å². The summed E-state index contributed by atoms with van der Waals surface area (Å²) in [4.78, 5) is 11.8. The molecule has 1 aromatic rings. The minimum Gasteiger partial charge on any atom is -0.298 e. The van der Waals surface area contributed by atoms with E-state index in [2.05, 4.69) is 13.8 Å². The van der Waals surface area contributed by atoms with Gasteiger partial charge < -0.3 is 0 Å². The molecule has 1 rings (SSSR count). The number of carbonyl (C=O) groups is 1. The van der Waals surface area contributed by atoms with Crippen LogP contribution in [0.2, 0.25) is 0 Å². The maximum atomic E-state index is 11.8. The van der Waals surface area contributed by atoms with Crippen molar-refractivity contribution in [3.8, 4) is 0 Å². The van der Waals surface area contributed by atoms with Gasteiger partial charge in [-0.3, -0.25) is 4.79 Å². The first kappa shape index (κ1) is 12.3. The summed E-state index contributed by atoms with van der Waals surface area (Å²) in [5, 5.41) is 0. The Balaban J connectivity index is 2.96. The molecule has 0 amide bonds. The van der Waals surface area contributed by atoms with Crippen molar-refractivity contribution >= 4 is 17.4 Å². The lowest BCUT2D eigenvalue weighted by atomic mass is 9.83. The molecule has 0 heterocycles. The molecule has 2 atom stereocenters. The SMILES string of the molecule is CCC(C)C(C(=O)CCl)c1ccccc1. The van der Waals surface area contributed by atoms with Gasteiger partial charge in [-0.2, -0.15) is 0 Å². The number of alkyl halides is 1. The molecule has 0 fully saturated rings. The number of hydrogen-bond acceptors (Lipinski definition) is 1. The predicted molar refractivity (Wildman–Crippen MR) is 64.4 cm³/mol. The molecule has 2 unspecified atom stereocenters. The number of carbonyl (C=O) groups excluding carboxylic acids is 1. The lowest BCUT2D eigenvalue weighted by Gasteiger charge is -2.21. The highest BCUT2D eigenvalue weighted by Crippen LogP contribution is 2.28. The van der Waals surface area contributed by atoms with Gasteiger partial charge in [0.15, 0.2) is 5.78 Å². The highest BCUT2D eigenvalue weighted by molar-refractivity contribution is 6.28. The first-order valence-corrected chi connectivity index (χ1v) is 5.87. The summed E-state index contributed by atoms with van der Waals surface area (Å²) in [5.74, 6) is 0.522. The monoisotopic (exact) mass is 224 g/mol. The summed E-state index contributed by atoms with van der Waals surface area (Å²) in [6.45, 7) is 4.20. The van der Waals surface area contributed by atoms with Crippen LogP contribution in [0.15, 0.2) is 30.3 Å². The fourth-order valence-corrected chi connectivity index (χ4v) is 1.98. The van der Waals surface area contributed by atoms with Gasteiger partial charge in [-0.1, -0.05) is 50.6 Å². The molecule has 2 heteroatoms. The van der Waals surface area contributed by atoms with Crippen LogP contribution in [0.1, 0.15) is 31.7 Å². The van der Waals surface area contributed by atoms with Crippen LogP contribution in [0.3, 0.4) is 0 Å². The standard InChI is InChI=1S/C13H17ClO/c1-3-10(2)13(12(15)9-14)11-7-5-4-6-8-11/h4-8,10,13H,3,9H2,1-2H3. The fourth-order valence-electron chi connectivity index (χ4n) is 1.81. The van der Waals surface area contributed by atoms with Gasteiger partial charge in [0.1, 0.15) is 0 Å². The highest BCUT2D eigenvalue weighted by Gasteiger charge is 2.24. The molecule has 1 aromatic carbocycles. The van der Waals surface area contributed by atoms with Crippen LogP contribution in [0, 0.1) is 5.92 Å². The second kappa shape index (κ2) is 5.92. The van der Waals surface area contributed by atoms with Crippen LogP contribution < -0.4 is 0 Å². The first-order chi connectivity index (χ1) is 7.20. The molecular weight excluding hydrogens is 208 g/mol. The average Bonchev–Trinajstić information content (AvgIpc) is 2.30. The van der Waals surface area contributed by atoms with Gasteiger partial charge in [0, 0.05) is 5.92 Å². The maximum absolute atomic E-state index is 11.8. The first-order valence-electron chi connectivity index (χ1n) is 5.34. The van der Waals surface area contributed by atoms with Crippen molar-refractivity contribution in [2.75, 3.05) is 5.88 Å². The molecule has 0 bridgehead atoms. The lowest BCUT2D eigenvalue weighted by Crippen LogP contribution is -2.20. The van der Waals surface area contributed by atoms with Gasteiger partial charge in [0.25, 0.3) is 0 Å². The Kier molecular flexibility index (Phi) is 4.83. The third-order valence-corrected chi connectivity index (χ3v) is 3.11. The largest absolute Gasteiger partial charge is 0.298 e. The summed E-state index contributed by atoms with van der Waals surface area (Å²) in [6, 6.07) is 9.89. The summed E-state index contributed by atoms with van der Waals surface area (Å²) >= 11 is 5.65. The van der Waals surface area contributed by atoms with Crippen LogP contribution in [-0.2, 0) is 4.79 Å². The molecule has 15 heavy (non-hydrogen) atoms. The third kappa shape index (κ3) is 3.07. The number of halogens is 1. The molecule has 82 valence electrons. The molecular formula is C13H17ClO. The summed E-state index contributed by atoms with van der Waals surface area (Å²) in [7, 11) is 0. The number of rotatable bonds is 5. The molecule has 0 aromatic heterocycles. The van der Waals surface area contributed by atoms with Crippen molar-refractivity contribution < 1.29 is 4.79 Å². The van der Waals surface area contributed by atoms with E-state index in [1.54, 1.807) is 0 Å². The van der Waals surface area contributed by atoms with Crippen molar-refractivity contribution in [3.63, 3.8) is 0 Å². The Morgan fingerprint density at radius 1 is 1.33 bits per heavy atom. The maximum Gasteiger partial charge on any atom is 0.155 e. The molecule has 0 radical (unpaired) electrons. The van der Waals surface area contributed by atoms with Crippen LogP contribution in [0.25, 0.3) is 0 Å². The molecule has 0 saturated carbocycles. The Morgan fingerprint density at radius 2 is 1.93 bits per heavy atom. The molecule has 0 N–H and O–H groups in total. The quantitative estimate of drug-likeness (QED) is 0.699. The molecule has 0 aliphatic rings. The number of Topliss-reactive ketones (excluding diaryl/α,β-unsaturated/α-hetero) is 1. The van der Waals surface area contributed by atoms with Crippen molar-refractivity contribution in [1.82, 2.24) is 0 Å². The summed E-state index contributed by atoms with van der Waals surface area (Å²) in [5.41, 5.74) is 1.08.